The number of hydrogen-bond donors (Lipinski definition) is 1. The Bertz CT molecular complexity index is 265. The van der Waals surface area contributed by atoms with Crippen LogP contribution in [-0.2, 0) is 6.54 Å². The lowest BCUT2D eigenvalue weighted by atomic mass is 10.4. The van der Waals surface area contributed by atoms with Gasteiger partial charge in [-0.2, -0.15) is 0 Å². The number of nitrogens with two attached hydrogens (primary N) is 1. The molecule has 0 bridgehead atoms. The minimum absolute atomic E-state index is 0.483. The minimum Gasteiger partial charge on any atom is -0.325 e. The van der Waals surface area contributed by atoms with E-state index in [1.807, 2.05) is 6.07 Å². The van der Waals surface area contributed by atoms with Gasteiger partial charge in [-0.05, 0) is 12.5 Å². The van der Waals surface area contributed by atoms with Crippen LogP contribution >= 0.6 is 11.8 Å². The van der Waals surface area contributed by atoms with Crippen molar-refractivity contribution >= 4 is 11.8 Å². The summed E-state index contributed by atoms with van der Waals surface area (Å²) in [6, 6.07) is 1.85. The van der Waals surface area contributed by atoms with Crippen LogP contribution in [0.4, 0.5) is 0 Å². The summed E-state index contributed by atoms with van der Waals surface area (Å²) in [7, 11) is 0. The smallest absolute Gasteiger partial charge is 0.188 e. The number of aromatic nitrogens is 2. The van der Waals surface area contributed by atoms with Crippen molar-refractivity contribution in [3.8, 4) is 0 Å². The molecule has 72 valence electrons. The van der Waals surface area contributed by atoms with Crippen molar-refractivity contribution in [2.24, 2.45) is 5.73 Å². The fourth-order valence-electron chi connectivity index (χ4n) is 0.810. The molecule has 0 aliphatic carbocycles. The molecule has 0 aliphatic rings. The fraction of sp³-hybridized carbons (Fsp3) is 0.556. The van der Waals surface area contributed by atoms with Gasteiger partial charge in [0.05, 0.1) is 5.69 Å². The largest absolute Gasteiger partial charge is 0.325 e. The van der Waals surface area contributed by atoms with Gasteiger partial charge >= 0.3 is 0 Å². The van der Waals surface area contributed by atoms with E-state index in [2.05, 4.69) is 23.8 Å². The highest BCUT2D eigenvalue weighted by Gasteiger charge is 2.04. The van der Waals surface area contributed by atoms with Crippen LogP contribution in [0.25, 0.3) is 0 Å². The van der Waals surface area contributed by atoms with Crippen LogP contribution in [0.3, 0.4) is 0 Å². The molecule has 1 aromatic rings. The highest BCUT2D eigenvalue weighted by molar-refractivity contribution is 7.99. The Hall–Kier alpha value is -0.610. The summed E-state index contributed by atoms with van der Waals surface area (Å²) in [5, 5.41) is 1.39. The molecular weight excluding hydrogens is 182 g/mol. The van der Waals surface area contributed by atoms with E-state index in [1.165, 1.54) is 0 Å². The third-order valence-electron chi connectivity index (χ3n) is 1.78. The number of thioether (sulfide) groups is 1. The zero-order chi connectivity index (χ0) is 9.68. The van der Waals surface area contributed by atoms with Crippen molar-refractivity contribution in [1.82, 2.24) is 9.97 Å². The molecule has 0 saturated heterocycles. The molecule has 1 atom stereocenters. The molecule has 0 aliphatic heterocycles. The minimum atomic E-state index is 0.483. The molecule has 2 N–H and O–H groups in total. The molecule has 0 fully saturated rings. The molecule has 0 saturated carbocycles. The Labute approximate surface area is 83.2 Å². The predicted octanol–water partition coefficient (Wildman–Crippen LogP) is 1.83. The SMILES string of the molecule is CCC(C)Sc1nccc(CN)n1. The van der Waals surface area contributed by atoms with Crippen LogP contribution in [-0.4, -0.2) is 15.2 Å². The summed E-state index contributed by atoms with van der Waals surface area (Å²) in [5.41, 5.74) is 6.39. The summed E-state index contributed by atoms with van der Waals surface area (Å²) in [6.07, 6.45) is 2.89. The number of nitrogens with zero attached hydrogens (tertiary/aromatic N) is 2. The second-order valence-corrected chi connectivity index (χ2v) is 4.28. The number of rotatable bonds is 4. The van der Waals surface area contributed by atoms with Gasteiger partial charge in [-0.1, -0.05) is 25.6 Å². The molecule has 13 heavy (non-hydrogen) atoms. The van der Waals surface area contributed by atoms with E-state index in [0.717, 1.165) is 17.3 Å². The molecule has 0 spiro atoms. The molecule has 1 unspecified atom stereocenters. The van der Waals surface area contributed by atoms with Gasteiger partial charge in [-0.15, -0.1) is 0 Å². The first-order chi connectivity index (χ1) is 6.26. The summed E-state index contributed by atoms with van der Waals surface area (Å²) in [6.45, 7) is 4.81. The van der Waals surface area contributed by atoms with E-state index in [-0.39, 0.29) is 0 Å². The normalized spacial score (nSPS) is 12.8. The maximum absolute atomic E-state index is 5.48. The Morgan fingerprint density at radius 3 is 3.00 bits per heavy atom. The maximum atomic E-state index is 5.48. The summed E-state index contributed by atoms with van der Waals surface area (Å²) in [4.78, 5) is 8.48. The van der Waals surface area contributed by atoms with Gasteiger partial charge in [-0.3, -0.25) is 0 Å². The summed E-state index contributed by atoms with van der Waals surface area (Å²) in [5.74, 6) is 0. The van der Waals surface area contributed by atoms with Gasteiger partial charge in [0.15, 0.2) is 5.16 Å². The lowest BCUT2D eigenvalue weighted by Gasteiger charge is -2.06. The summed E-state index contributed by atoms with van der Waals surface area (Å²) < 4.78 is 0. The van der Waals surface area contributed by atoms with Crippen LogP contribution in [0, 0.1) is 0 Å². The van der Waals surface area contributed by atoms with Crippen molar-refractivity contribution in [3.63, 3.8) is 0 Å². The standard InChI is InChI=1S/C9H15N3S/c1-3-7(2)13-9-11-5-4-8(6-10)12-9/h4-5,7H,3,6,10H2,1-2H3. The quantitative estimate of drug-likeness (QED) is 0.591. The molecule has 0 radical (unpaired) electrons. The van der Waals surface area contributed by atoms with E-state index in [9.17, 15) is 0 Å². The van der Waals surface area contributed by atoms with Gasteiger partial charge in [0.1, 0.15) is 0 Å². The Kier molecular flexibility index (Phi) is 4.18. The van der Waals surface area contributed by atoms with Gasteiger partial charge in [-0.25, -0.2) is 9.97 Å². The lowest BCUT2D eigenvalue weighted by Crippen LogP contribution is -2.02. The van der Waals surface area contributed by atoms with Crippen molar-refractivity contribution < 1.29 is 0 Å². The molecule has 3 nitrogen and oxygen atoms in total. The zero-order valence-electron chi connectivity index (χ0n) is 8.03. The third kappa shape index (κ3) is 3.32. The van der Waals surface area contributed by atoms with Crippen molar-refractivity contribution in [2.45, 2.75) is 37.2 Å². The number of hydrogen-bond acceptors (Lipinski definition) is 4. The molecule has 0 aromatic carbocycles. The zero-order valence-corrected chi connectivity index (χ0v) is 8.84. The average Bonchev–Trinajstić information content (AvgIpc) is 2.18. The second-order valence-electron chi connectivity index (χ2n) is 2.87. The van der Waals surface area contributed by atoms with E-state index < -0.39 is 0 Å². The Morgan fingerprint density at radius 2 is 2.38 bits per heavy atom. The Morgan fingerprint density at radius 1 is 1.62 bits per heavy atom. The van der Waals surface area contributed by atoms with Gasteiger partial charge < -0.3 is 5.73 Å². The summed E-state index contributed by atoms with van der Waals surface area (Å²) >= 11 is 1.70. The van der Waals surface area contributed by atoms with Crippen LogP contribution in [0.15, 0.2) is 17.4 Å². The molecule has 4 heteroatoms. The van der Waals surface area contributed by atoms with E-state index in [4.69, 9.17) is 5.73 Å². The lowest BCUT2D eigenvalue weighted by molar-refractivity contribution is 0.852. The van der Waals surface area contributed by atoms with Crippen LogP contribution < -0.4 is 5.73 Å². The molecule has 1 aromatic heterocycles. The first-order valence-electron chi connectivity index (χ1n) is 4.45. The van der Waals surface area contributed by atoms with Crippen molar-refractivity contribution in [3.05, 3.63) is 18.0 Å². The molecule has 1 heterocycles. The van der Waals surface area contributed by atoms with Gasteiger partial charge in [0, 0.05) is 18.0 Å². The van der Waals surface area contributed by atoms with Crippen LogP contribution in [0.2, 0.25) is 0 Å². The maximum Gasteiger partial charge on any atom is 0.188 e. The fourth-order valence-corrected chi connectivity index (χ4v) is 1.63. The highest BCUT2D eigenvalue weighted by atomic mass is 32.2. The Balaban J connectivity index is 2.66. The molecule has 0 amide bonds. The van der Waals surface area contributed by atoms with Crippen molar-refractivity contribution in [2.75, 3.05) is 0 Å². The van der Waals surface area contributed by atoms with E-state index >= 15 is 0 Å². The van der Waals surface area contributed by atoms with Crippen LogP contribution in [0.1, 0.15) is 26.0 Å². The molecule has 1 rings (SSSR count). The highest BCUT2D eigenvalue weighted by Crippen LogP contribution is 2.20. The van der Waals surface area contributed by atoms with Crippen LogP contribution in [0.5, 0.6) is 0 Å². The topological polar surface area (TPSA) is 51.8 Å². The van der Waals surface area contributed by atoms with Crippen molar-refractivity contribution in [1.29, 1.82) is 0 Å². The first kappa shape index (κ1) is 10.5. The molecular formula is C9H15N3S. The second kappa shape index (κ2) is 5.19. The van der Waals surface area contributed by atoms with E-state index in [0.29, 0.717) is 11.8 Å². The average molecular weight is 197 g/mol. The van der Waals surface area contributed by atoms with E-state index in [1.54, 1.807) is 18.0 Å². The third-order valence-corrected chi connectivity index (χ3v) is 2.93. The first-order valence-corrected chi connectivity index (χ1v) is 5.33. The predicted molar refractivity (Wildman–Crippen MR) is 55.5 cm³/mol. The van der Waals surface area contributed by atoms with Gasteiger partial charge in [0.2, 0.25) is 0 Å². The van der Waals surface area contributed by atoms with Gasteiger partial charge in [0.25, 0.3) is 0 Å². The monoisotopic (exact) mass is 197 g/mol.